The Kier molecular flexibility index (Phi) is 6.76. The van der Waals surface area contributed by atoms with Gasteiger partial charge < -0.3 is 4.90 Å². The number of aryl methyl sites for hydroxylation is 2. The van der Waals surface area contributed by atoms with Gasteiger partial charge in [-0.3, -0.25) is 14.7 Å². The maximum Gasteiger partial charge on any atom is 0.239 e. The van der Waals surface area contributed by atoms with Gasteiger partial charge in [-0.15, -0.1) is 0 Å². The first-order valence-corrected chi connectivity index (χ1v) is 12.3. The summed E-state index contributed by atoms with van der Waals surface area (Å²) in [6.07, 6.45) is 5.72. The monoisotopic (exact) mass is 503 g/mol. The number of rotatable bonds is 3. The molecule has 1 aromatic carbocycles. The maximum absolute atomic E-state index is 13.3. The molecule has 2 aliphatic rings. The molecule has 6 heteroatoms. The van der Waals surface area contributed by atoms with E-state index in [2.05, 4.69) is 59.9 Å². The van der Waals surface area contributed by atoms with Crippen molar-refractivity contribution in [3.63, 3.8) is 0 Å². The van der Waals surface area contributed by atoms with E-state index in [0.29, 0.717) is 5.92 Å². The molecule has 1 aliphatic carbocycles. The normalized spacial score (nSPS) is 23.8. The summed E-state index contributed by atoms with van der Waals surface area (Å²) in [6.45, 7) is 5.06. The van der Waals surface area contributed by atoms with E-state index in [1.807, 2.05) is 24.2 Å². The number of carbonyl (C=O) groups is 1. The summed E-state index contributed by atoms with van der Waals surface area (Å²) >= 11 is 9.97. The number of hydrogen-bond acceptors (Lipinski definition) is 3. The lowest BCUT2D eigenvalue weighted by Crippen LogP contribution is -2.52. The van der Waals surface area contributed by atoms with Crippen LogP contribution in [0.5, 0.6) is 0 Å². The number of likely N-dealkylation sites (N-methyl/N-ethyl adjacent to an activating group) is 2. The van der Waals surface area contributed by atoms with Crippen LogP contribution in [0, 0.1) is 5.92 Å². The largest absolute Gasteiger partial charge is 0.342 e. The van der Waals surface area contributed by atoms with Gasteiger partial charge in [-0.2, -0.15) is 0 Å². The summed E-state index contributed by atoms with van der Waals surface area (Å²) in [5.41, 5.74) is 5.11. The third-order valence-electron chi connectivity index (χ3n) is 7.16. The van der Waals surface area contributed by atoms with E-state index in [4.69, 9.17) is 16.6 Å². The van der Waals surface area contributed by atoms with Crippen molar-refractivity contribution in [2.75, 3.05) is 20.6 Å². The number of hydrogen-bond donors (Lipinski definition) is 0. The zero-order valence-corrected chi connectivity index (χ0v) is 21.1. The molecule has 1 fully saturated rings. The topological polar surface area (TPSA) is 36.4 Å². The predicted octanol–water partition coefficient (Wildman–Crippen LogP) is 5.31. The van der Waals surface area contributed by atoms with Gasteiger partial charge in [0.25, 0.3) is 0 Å². The van der Waals surface area contributed by atoms with Crippen molar-refractivity contribution < 1.29 is 4.79 Å². The number of halogens is 2. The van der Waals surface area contributed by atoms with Gasteiger partial charge in [-0.1, -0.05) is 17.7 Å². The van der Waals surface area contributed by atoms with Crippen LogP contribution in [0.1, 0.15) is 55.0 Å². The summed E-state index contributed by atoms with van der Waals surface area (Å²) in [5.74, 6) is 0.763. The second-order valence-electron chi connectivity index (χ2n) is 9.34. The summed E-state index contributed by atoms with van der Waals surface area (Å²) in [6, 6.07) is 8.63. The molecule has 3 atom stereocenters. The summed E-state index contributed by atoms with van der Waals surface area (Å²) in [7, 11) is 4.00. The highest BCUT2D eigenvalue weighted by Crippen LogP contribution is 2.44. The standard InChI is InChI=1S/C25H31BrClN3O/c1-15(2)30(4)25(31)22-13-17(9-10-29(22)3)23-21-8-7-20(27)12-16(21)5-6-18-11-19(26)14-28-24(18)23/h7-8,11-12,14-15,17,22-23H,5-6,9-10,13H2,1-4H3/t17?,22-,23+/m1/s1. The van der Waals surface area contributed by atoms with Crippen LogP contribution in [0.4, 0.5) is 0 Å². The quantitative estimate of drug-likeness (QED) is 0.569. The average molecular weight is 505 g/mol. The highest BCUT2D eigenvalue weighted by molar-refractivity contribution is 9.10. The molecule has 1 saturated heterocycles. The number of aromatic nitrogens is 1. The van der Waals surface area contributed by atoms with Gasteiger partial charge >= 0.3 is 0 Å². The highest BCUT2D eigenvalue weighted by atomic mass is 79.9. The first-order valence-electron chi connectivity index (χ1n) is 11.2. The summed E-state index contributed by atoms with van der Waals surface area (Å²) < 4.78 is 1.02. The fraction of sp³-hybridized carbons (Fsp3) is 0.520. The van der Waals surface area contributed by atoms with Gasteiger partial charge in [-0.25, -0.2) is 0 Å². The van der Waals surface area contributed by atoms with Crippen LogP contribution in [0.15, 0.2) is 34.9 Å². The Morgan fingerprint density at radius 1 is 1.26 bits per heavy atom. The molecule has 4 nitrogen and oxygen atoms in total. The van der Waals surface area contributed by atoms with Gasteiger partial charge in [0, 0.05) is 34.7 Å². The fourth-order valence-electron chi connectivity index (χ4n) is 5.15. The molecular formula is C25H31BrClN3O. The number of pyridine rings is 1. The molecule has 31 heavy (non-hydrogen) atoms. The zero-order chi connectivity index (χ0) is 22.3. The van der Waals surface area contributed by atoms with E-state index < -0.39 is 0 Å². The molecule has 1 unspecified atom stereocenters. The van der Waals surface area contributed by atoms with Crippen molar-refractivity contribution >= 4 is 33.4 Å². The van der Waals surface area contributed by atoms with Crippen molar-refractivity contribution in [3.8, 4) is 0 Å². The van der Waals surface area contributed by atoms with Crippen LogP contribution in [0.3, 0.4) is 0 Å². The lowest BCUT2D eigenvalue weighted by Gasteiger charge is -2.41. The molecule has 0 N–H and O–H groups in total. The Labute approximate surface area is 199 Å². The minimum atomic E-state index is -0.0935. The summed E-state index contributed by atoms with van der Waals surface area (Å²) in [5, 5.41) is 0.785. The predicted molar refractivity (Wildman–Crippen MR) is 130 cm³/mol. The molecule has 166 valence electrons. The smallest absolute Gasteiger partial charge is 0.239 e. The Bertz CT molecular complexity index is 926. The SMILES string of the molecule is CC(C)N(C)C(=O)[C@H]1CC([C@H]2c3ccc(Cl)cc3CCc3cc(Br)cnc32)CCN1C. The Balaban J connectivity index is 1.75. The molecule has 0 radical (unpaired) electrons. The number of carbonyl (C=O) groups excluding carboxylic acids is 1. The summed E-state index contributed by atoms with van der Waals surface area (Å²) in [4.78, 5) is 22.3. The van der Waals surface area contributed by atoms with Crippen LogP contribution in [0.25, 0.3) is 0 Å². The van der Waals surface area contributed by atoms with Crippen LogP contribution in [-0.2, 0) is 17.6 Å². The molecule has 1 amide bonds. The Morgan fingerprint density at radius 2 is 2.00 bits per heavy atom. The van der Waals surface area contributed by atoms with E-state index in [9.17, 15) is 4.79 Å². The number of likely N-dealkylation sites (tertiary alicyclic amines) is 1. The van der Waals surface area contributed by atoms with E-state index in [-0.39, 0.29) is 23.9 Å². The Hall–Kier alpha value is -1.43. The number of piperidine rings is 1. The van der Waals surface area contributed by atoms with Crippen molar-refractivity contribution in [2.24, 2.45) is 5.92 Å². The molecule has 0 saturated carbocycles. The van der Waals surface area contributed by atoms with Crippen LogP contribution in [0.2, 0.25) is 5.02 Å². The van der Waals surface area contributed by atoms with Crippen molar-refractivity contribution in [2.45, 2.75) is 57.5 Å². The van der Waals surface area contributed by atoms with E-state index in [1.54, 1.807) is 0 Å². The van der Waals surface area contributed by atoms with Crippen molar-refractivity contribution in [1.82, 2.24) is 14.8 Å². The lowest BCUT2D eigenvalue weighted by atomic mass is 9.74. The van der Waals surface area contributed by atoms with Crippen molar-refractivity contribution in [3.05, 3.63) is 62.3 Å². The maximum atomic E-state index is 13.3. The van der Waals surface area contributed by atoms with E-state index in [0.717, 1.165) is 41.7 Å². The third-order valence-corrected chi connectivity index (χ3v) is 7.82. The van der Waals surface area contributed by atoms with Crippen LogP contribution in [-0.4, -0.2) is 53.4 Å². The lowest BCUT2D eigenvalue weighted by molar-refractivity contribution is -0.138. The van der Waals surface area contributed by atoms with Gasteiger partial charge in [0.1, 0.15) is 0 Å². The molecule has 1 aliphatic heterocycles. The second kappa shape index (κ2) is 9.21. The molecule has 4 rings (SSSR count). The molecule has 2 aromatic rings. The fourth-order valence-corrected chi connectivity index (χ4v) is 5.73. The number of benzene rings is 1. The third kappa shape index (κ3) is 4.55. The van der Waals surface area contributed by atoms with Crippen LogP contribution >= 0.6 is 27.5 Å². The molecule has 2 heterocycles. The Morgan fingerprint density at radius 3 is 2.74 bits per heavy atom. The van der Waals surface area contributed by atoms with Crippen LogP contribution < -0.4 is 0 Å². The van der Waals surface area contributed by atoms with E-state index in [1.165, 1.54) is 22.4 Å². The number of fused-ring (bicyclic) bond motifs is 2. The van der Waals surface area contributed by atoms with Gasteiger partial charge in [0.2, 0.25) is 5.91 Å². The minimum absolute atomic E-state index is 0.0935. The molecule has 1 aromatic heterocycles. The molecule has 0 spiro atoms. The average Bonchev–Trinajstić information content (AvgIpc) is 2.89. The number of amides is 1. The number of nitrogens with zero attached hydrogens (tertiary/aromatic N) is 3. The van der Waals surface area contributed by atoms with E-state index >= 15 is 0 Å². The second-order valence-corrected chi connectivity index (χ2v) is 10.7. The first kappa shape index (κ1) is 22.8. The minimum Gasteiger partial charge on any atom is -0.342 e. The highest BCUT2D eigenvalue weighted by Gasteiger charge is 2.40. The van der Waals surface area contributed by atoms with Gasteiger partial charge in [-0.05, 0) is 110 Å². The van der Waals surface area contributed by atoms with Gasteiger partial charge in [0.05, 0.1) is 11.7 Å². The van der Waals surface area contributed by atoms with Gasteiger partial charge in [0.15, 0.2) is 0 Å². The first-order chi connectivity index (χ1) is 14.8. The zero-order valence-electron chi connectivity index (χ0n) is 18.7. The van der Waals surface area contributed by atoms with Crippen molar-refractivity contribution in [1.29, 1.82) is 0 Å². The molecule has 0 bridgehead atoms. The molecular weight excluding hydrogens is 474 g/mol.